The van der Waals surface area contributed by atoms with Gasteiger partial charge in [0.15, 0.2) is 21.2 Å². The first-order chi connectivity index (χ1) is 14.2. The standard InChI is InChI=1S/C25H18O2P2/c26-28(20-7-3-1-4-8-20)22-11-13-24-18(16-22)15-19-17-23(12-14-25(19)24)29(27)21-9-5-2-6-10-21/h1-14,16-17H,15H2/q+2. The van der Waals surface area contributed by atoms with Gasteiger partial charge < -0.3 is 0 Å². The average Bonchev–Trinajstić information content (AvgIpc) is 3.16. The van der Waals surface area contributed by atoms with Crippen molar-refractivity contribution in [3.8, 4) is 11.1 Å². The van der Waals surface area contributed by atoms with E-state index in [1.165, 1.54) is 22.3 Å². The van der Waals surface area contributed by atoms with Crippen LogP contribution in [0.4, 0.5) is 0 Å². The number of hydrogen-bond donors (Lipinski definition) is 0. The summed E-state index contributed by atoms with van der Waals surface area (Å²) in [6, 6.07) is 31.4. The van der Waals surface area contributed by atoms with Gasteiger partial charge in [0.05, 0.1) is 0 Å². The molecule has 138 valence electrons. The summed E-state index contributed by atoms with van der Waals surface area (Å²) in [6.45, 7) is 0. The van der Waals surface area contributed by atoms with Gasteiger partial charge in [-0.25, -0.2) is 0 Å². The third-order valence-corrected chi connectivity index (χ3v) is 8.33. The predicted octanol–water partition coefficient (Wildman–Crippen LogP) is 4.81. The molecular formula is C25H18O2P2+2. The van der Waals surface area contributed by atoms with Gasteiger partial charge in [-0.1, -0.05) is 45.5 Å². The Morgan fingerprint density at radius 3 is 1.31 bits per heavy atom. The molecular weight excluding hydrogens is 394 g/mol. The lowest BCUT2D eigenvalue weighted by atomic mass is 10.1. The third-order valence-electron chi connectivity index (χ3n) is 5.30. The molecule has 1 aliphatic carbocycles. The quantitative estimate of drug-likeness (QED) is 0.397. The molecule has 0 aromatic heterocycles. The van der Waals surface area contributed by atoms with E-state index >= 15 is 0 Å². The molecule has 4 aromatic carbocycles. The Morgan fingerprint density at radius 1 is 0.483 bits per heavy atom. The van der Waals surface area contributed by atoms with Crippen LogP contribution in [-0.2, 0) is 15.6 Å². The summed E-state index contributed by atoms with van der Waals surface area (Å²) in [5.41, 5.74) is 4.73. The highest BCUT2D eigenvalue weighted by molar-refractivity contribution is 7.61. The highest BCUT2D eigenvalue weighted by Crippen LogP contribution is 2.38. The summed E-state index contributed by atoms with van der Waals surface area (Å²) >= 11 is 0. The molecule has 1 aliphatic rings. The Balaban J connectivity index is 1.46. The monoisotopic (exact) mass is 412 g/mol. The van der Waals surface area contributed by atoms with Gasteiger partial charge in [0.1, 0.15) is 0 Å². The van der Waals surface area contributed by atoms with Crippen LogP contribution in [0.5, 0.6) is 0 Å². The van der Waals surface area contributed by atoms with E-state index in [2.05, 4.69) is 24.3 Å². The fourth-order valence-corrected chi connectivity index (χ4v) is 6.31. The van der Waals surface area contributed by atoms with E-state index in [0.29, 0.717) is 0 Å². The van der Waals surface area contributed by atoms with Crippen LogP contribution in [-0.4, -0.2) is 0 Å². The summed E-state index contributed by atoms with van der Waals surface area (Å²) < 4.78 is 25.9. The van der Waals surface area contributed by atoms with E-state index < -0.39 is 15.6 Å². The van der Waals surface area contributed by atoms with Crippen molar-refractivity contribution in [2.24, 2.45) is 0 Å². The SMILES string of the molecule is O=[P+](c1ccccc1)c1ccc2c(c1)Cc1cc([P+](=O)c3ccccc3)ccc1-2. The van der Waals surface area contributed by atoms with E-state index in [1.54, 1.807) is 0 Å². The maximum atomic E-state index is 12.9. The molecule has 0 heterocycles. The number of benzene rings is 4. The Hall–Kier alpha value is -2.92. The van der Waals surface area contributed by atoms with Gasteiger partial charge in [-0.05, 0) is 89.3 Å². The first kappa shape index (κ1) is 18.1. The molecule has 2 nitrogen and oxygen atoms in total. The molecule has 5 rings (SSSR count). The molecule has 0 fully saturated rings. The second-order valence-electron chi connectivity index (χ2n) is 7.12. The Kier molecular flexibility index (Phi) is 4.68. The van der Waals surface area contributed by atoms with Crippen LogP contribution in [0, 0.1) is 0 Å². The van der Waals surface area contributed by atoms with E-state index in [9.17, 15) is 9.13 Å². The summed E-state index contributed by atoms with van der Waals surface area (Å²) in [4.78, 5) is 0. The van der Waals surface area contributed by atoms with Gasteiger partial charge >= 0.3 is 15.6 Å². The lowest BCUT2D eigenvalue weighted by molar-refractivity contribution is 0.597. The first-order valence-corrected chi connectivity index (χ1v) is 12.0. The zero-order valence-corrected chi connectivity index (χ0v) is 17.4. The smallest absolute Gasteiger partial charge is 0.0619 e. The van der Waals surface area contributed by atoms with Gasteiger partial charge in [-0.3, -0.25) is 0 Å². The summed E-state index contributed by atoms with van der Waals surface area (Å²) in [5.74, 6) is 0. The summed E-state index contributed by atoms with van der Waals surface area (Å²) in [5, 5.41) is 3.40. The lowest BCUT2D eigenvalue weighted by Gasteiger charge is -2.00. The van der Waals surface area contributed by atoms with Gasteiger partial charge in [-0.2, -0.15) is 0 Å². The topological polar surface area (TPSA) is 34.1 Å². The predicted molar refractivity (Wildman–Crippen MR) is 121 cm³/mol. The van der Waals surface area contributed by atoms with Crippen molar-refractivity contribution in [1.29, 1.82) is 0 Å². The van der Waals surface area contributed by atoms with Crippen molar-refractivity contribution < 1.29 is 9.13 Å². The minimum Gasteiger partial charge on any atom is -0.0619 e. The fraction of sp³-hybridized carbons (Fsp3) is 0.0400. The van der Waals surface area contributed by atoms with Gasteiger partial charge in [0.2, 0.25) is 0 Å². The van der Waals surface area contributed by atoms with Crippen molar-refractivity contribution in [3.05, 3.63) is 108 Å². The van der Waals surface area contributed by atoms with Crippen LogP contribution in [0.3, 0.4) is 0 Å². The molecule has 4 aromatic rings. The third kappa shape index (κ3) is 3.36. The van der Waals surface area contributed by atoms with Crippen molar-refractivity contribution in [2.45, 2.75) is 6.42 Å². The number of fused-ring (bicyclic) bond motifs is 3. The Labute approximate surface area is 171 Å². The van der Waals surface area contributed by atoms with Crippen LogP contribution in [0.1, 0.15) is 11.1 Å². The first-order valence-electron chi connectivity index (χ1n) is 9.51. The Morgan fingerprint density at radius 2 is 0.897 bits per heavy atom. The van der Waals surface area contributed by atoms with E-state index in [-0.39, 0.29) is 0 Å². The molecule has 0 saturated heterocycles. The fourth-order valence-electron chi connectivity index (χ4n) is 3.86. The zero-order chi connectivity index (χ0) is 19.8. The van der Waals surface area contributed by atoms with Gasteiger partial charge in [0, 0.05) is 0 Å². The van der Waals surface area contributed by atoms with Crippen LogP contribution >= 0.6 is 15.6 Å². The lowest BCUT2D eigenvalue weighted by Crippen LogP contribution is -2.07. The molecule has 0 amide bonds. The molecule has 0 aliphatic heterocycles. The van der Waals surface area contributed by atoms with Gasteiger partial charge in [-0.15, -0.1) is 0 Å². The highest BCUT2D eigenvalue weighted by Gasteiger charge is 2.29. The molecule has 0 spiro atoms. The molecule has 4 heteroatoms. The van der Waals surface area contributed by atoms with Crippen molar-refractivity contribution in [1.82, 2.24) is 0 Å². The largest absolute Gasteiger partial charge is 0.415 e. The zero-order valence-electron chi connectivity index (χ0n) is 15.7. The number of rotatable bonds is 4. The molecule has 29 heavy (non-hydrogen) atoms. The van der Waals surface area contributed by atoms with Crippen molar-refractivity contribution in [2.75, 3.05) is 0 Å². The molecule has 0 radical (unpaired) electrons. The summed E-state index contributed by atoms with van der Waals surface area (Å²) in [7, 11) is -3.19. The molecule has 0 N–H and O–H groups in total. The average molecular weight is 412 g/mol. The molecule has 2 unspecified atom stereocenters. The summed E-state index contributed by atoms with van der Waals surface area (Å²) in [6.07, 6.45) is 0.780. The highest BCUT2D eigenvalue weighted by atomic mass is 31.1. The number of hydrogen-bond acceptors (Lipinski definition) is 2. The van der Waals surface area contributed by atoms with E-state index in [1.807, 2.05) is 72.8 Å². The van der Waals surface area contributed by atoms with E-state index in [0.717, 1.165) is 27.6 Å². The normalized spacial score (nSPS) is 12.8. The van der Waals surface area contributed by atoms with Crippen molar-refractivity contribution >= 4 is 36.8 Å². The maximum Gasteiger partial charge on any atom is 0.415 e. The van der Waals surface area contributed by atoms with E-state index in [4.69, 9.17) is 0 Å². The minimum atomic E-state index is -1.60. The van der Waals surface area contributed by atoms with Crippen LogP contribution in [0.2, 0.25) is 0 Å². The van der Waals surface area contributed by atoms with Crippen LogP contribution < -0.4 is 21.2 Å². The Bertz CT molecular complexity index is 1150. The minimum absolute atomic E-state index is 0.780. The molecule has 0 bridgehead atoms. The molecule has 0 saturated carbocycles. The maximum absolute atomic E-state index is 12.9. The van der Waals surface area contributed by atoms with Crippen LogP contribution in [0.25, 0.3) is 11.1 Å². The van der Waals surface area contributed by atoms with Crippen LogP contribution in [0.15, 0.2) is 97.1 Å². The second kappa shape index (κ2) is 7.48. The second-order valence-corrected chi connectivity index (χ2v) is 10.4. The van der Waals surface area contributed by atoms with Gasteiger partial charge in [0.25, 0.3) is 0 Å². The van der Waals surface area contributed by atoms with Crippen molar-refractivity contribution in [3.63, 3.8) is 0 Å². The molecule has 2 atom stereocenters.